The normalized spacial score (nSPS) is 11.6. The van der Waals surface area contributed by atoms with Crippen molar-refractivity contribution in [2.75, 3.05) is 5.32 Å². The fraction of sp³-hybridized carbons (Fsp3) is 0.211. The predicted molar refractivity (Wildman–Crippen MR) is 92.0 cm³/mol. The number of hydrogen-bond donors (Lipinski definition) is 1. The van der Waals surface area contributed by atoms with Crippen LogP contribution in [0.2, 0.25) is 0 Å². The van der Waals surface area contributed by atoms with Crippen molar-refractivity contribution in [3.63, 3.8) is 0 Å². The van der Waals surface area contributed by atoms with E-state index in [4.69, 9.17) is 0 Å². The van der Waals surface area contributed by atoms with E-state index in [9.17, 15) is 22.0 Å². The third-order valence-corrected chi connectivity index (χ3v) is 4.08. The minimum Gasteiger partial charge on any atom is -0.381 e. The molecule has 8 heteroatoms. The largest absolute Gasteiger partial charge is 0.435 e. The summed E-state index contributed by atoms with van der Waals surface area (Å²) < 4.78 is 67.2. The third kappa shape index (κ3) is 4.10. The number of halogens is 5. The average Bonchev–Trinajstić information content (AvgIpc) is 3.06. The van der Waals surface area contributed by atoms with Gasteiger partial charge in [-0.2, -0.15) is 18.3 Å². The highest BCUT2D eigenvalue weighted by atomic mass is 19.4. The minimum absolute atomic E-state index is 0.0526. The van der Waals surface area contributed by atoms with Gasteiger partial charge in [0.05, 0.1) is 5.69 Å². The SMILES string of the molecule is CCn1nc(C(F)(F)F)cc1-c1ccc(NCc2c(F)cccc2F)cc1. The number of hydrogen-bond acceptors (Lipinski definition) is 2. The van der Waals surface area contributed by atoms with E-state index in [1.807, 2.05) is 0 Å². The van der Waals surface area contributed by atoms with Crippen molar-refractivity contribution in [3.8, 4) is 11.3 Å². The number of nitrogens with one attached hydrogen (secondary N) is 1. The summed E-state index contributed by atoms with van der Waals surface area (Å²) in [5.41, 5.74) is 0.455. The van der Waals surface area contributed by atoms with Crippen molar-refractivity contribution in [1.29, 1.82) is 0 Å². The van der Waals surface area contributed by atoms with Gasteiger partial charge in [0.2, 0.25) is 0 Å². The van der Waals surface area contributed by atoms with Crippen LogP contribution in [-0.4, -0.2) is 9.78 Å². The lowest BCUT2D eigenvalue weighted by molar-refractivity contribution is -0.141. The maximum Gasteiger partial charge on any atom is 0.435 e. The van der Waals surface area contributed by atoms with Crippen LogP contribution < -0.4 is 5.32 Å². The molecule has 1 aromatic heterocycles. The molecule has 0 fully saturated rings. The van der Waals surface area contributed by atoms with Crippen LogP contribution in [0.15, 0.2) is 48.5 Å². The second-order valence-corrected chi connectivity index (χ2v) is 5.86. The molecule has 0 bridgehead atoms. The molecule has 0 radical (unpaired) electrons. The Kier molecular flexibility index (Phi) is 5.16. The maximum atomic E-state index is 13.6. The first-order valence-corrected chi connectivity index (χ1v) is 8.22. The minimum atomic E-state index is -4.51. The topological polar surface area (TPSA) is 29.9 Å². The fourth-order valence-electron chi connectivity index (χ4n) is 2.68. The highest BCUT2D eigenvalue weighted by molar-refractivity contribution is 5.63. The van der Waals surface area contributed by atoms with E-state index >= 15 is 0 Å². The highest BCUT2D eigenvalue weighted by Gasteiger charge is 2.34. The lowest BCUT2D eigenvalue weighted by Gasteiger charge is -2.10. The first-order valence-electron chi connectivity index (χ1n) is 8.22. The van der Waals surface area contributed by atoms with Crippen LogP contribution in [0, 0.1) is 11.6 Å². The molecule has 142 valence electrons. The van der Waals surface area contributed by atoms with Crippen molar-refractivity contribution >= 4 is 5.69 Å². The zero-order valence-electron chi connectivity index (χ0n) is 14.3. The van der Waals surface area contributed by atoms with Crippen molar-refractivity contribution in [2.45, 2.75) is 26.2 Å². The molecule has 3 nitrogen and oxygen atoms in total. The van der Waals surface area contributed by atoms with Crippen LogP contribution in [0.4, 0.5) is 27.6 Å². The van der Waals surface area contributed by atoms with Crippen LogP contribution in [0.5, 0.6) is 0 Å². The summed E-state index contributed by atoms with van der Waals surface area (Å²) in [4.78, 5) is 0. The van der Waals surface area contributed by atoms with E-state index in [1.54, 1.807) is 31.2 Å². The molecule has 3 rings (SSSR count). The summed E-state index contributed by atoms with van der Waals surface area (Å²) >= 11 is 0. The van der Waals surface area contributed by atoms with Crippen molar-refractivity contribution in [3.05, 3.63) is 71.4 Å². The molecule has 0 aliphatic rings. The molecule has 0 aliphatic heterocycles. The third-order valence-electron chi connectivity index (χ3n) is 4.08. The van der Waals surface area contributed by atoms with Crippen molar-refractivity contribution in [2.24, 2.45) is 0 Å². The Hall–Kier alpha value is -2.90. The highest BCUT2D eigenvalue weighted by Crippen LogP contribution is 2.32. The standard InChI is InChI=1S/C19H16F5N3/c1-2-27-17(10-18(26-27)19(22,23)24)12-6-8-13(9-7-12)25-11-14-15(20)4-3-5-16(14)21/h3-10,25H,2,11H2,1H3. The van der Waals surface area contributed by atoms with E-state index in [2.05, 4.69) is 10.4 Å². The summed E-state index contributed by atoms with van der Waals surface area (Å²) in [7, 11) is 0. The Morgan fingerprint density at radius 3 is 2.19 bits per heavy atom. The smallest absolute Gasteiger partial charge is 0.381 e. The molecule has 0 spiro atoms. The molecule has 0 amide bonds. The predicted octanol–water partition coefficient (Wildman–Crippen LogP) is 5.48. The lowest BCUT2D eigenvalue weighted by atomic mass is 10.1. The quantitative estimate of drug-likeness (QED) is 0.593. The molecular formula is C19H16F5N3. The number of benzene rings is 2. The van der Waals surface area contributed by atoms with Gasteiger partial charge in [0.25, 0.3) is 0 Å². The molecule has 27 heavy (non-hydrogen) atoms. The van der Waals surface area contributed by atoms with Crippen LogP contribution in [0.25, 0.3) is 11.3 Å². The Labute approximate surface area is 152 Å². The number of rotatable bonds is 5. The Morgan fingerprint density at radius 1 is 1.00 bits per heavy atom. The van der Waals surface area contributed by atoms with Gasteiger partial charge < -0.3 is 5.32 Å². The maximum absolute atomic E-state index is 13.6. The van der Waals surface area contributed by atoms with Gasteiger partial charge in [-0.3, -0.25) is 4.68 Å². The first kappa shape index (κ1) is 18.9. The Balaban J connectivity index is 1.79. The number of alkyl halides is 3. The van der Waals surface area contributed by atoms with Gasteiger partial charge in [-0.05, 0) is 42.8 Å². The number of aryl methyl sites for hydroxylation is 1. The fourth-order valence-corrected chi connectivity index (χ4v) is 2.68. The summed E-state index contributed by atoms with van der Waals surface area (Å²) in [5.74, 6) is -1.30. The molecule has 0 saturated heterocycles. The van der Waals surface area contributed by atoms with E-state index in [-0.39, 0.29) is 18.7 Å². The molecule has 2 aromatic carbocycles. The second kappa shape index (κ2) is 7.38. The second-order valence-electron chi connectivity index (χ2n) is 5.86. The summed E-state index contributed by atoms with van der Waals surface area (Å²) in [5, 5.41) is 6.48. The molecule has 1 heterocycles. The summed E-state index contributed by atoms with van der Waals surface area (Å²) in [6.07, 6.45) is -4.51. The summed E-state index contributed by atoms with van der Waals surface area (Å²) in [6, 6.07) is 11.2. The number of anilines is 1. The van der Waals surface area contributed by atoms with Gasteiger partial charge in [0, 0.05) is 24.3 Å². The zero-order chi connectivity index (χ0) is 19.6. The Morgan fingerprint density at radius 2 is 1.63 bits per heavy atom. The molecule has 3 aromatic rings. The van der Waals surface area contributed by atoms with Gasteiger partial charge in [0.1, 0.15) is 11.6 Å². The van der Waals surface area contributed by atoms with Crippen LogP contribution in [0.1, 0.15) is 18.2 Å². The zero-order valence-corrected chi connectivity index (χ0v) is 14.3. The van der Waals surface area contributed by atoms with Gasteiger partial charge >= 0.3 is 6.18 Å². The van der Waals surface area contributed by atoms with Crippen molar-refractivity contribution < 1.29 is 22.0 Å². The van der Waals surface area contributed by atoms with Crippen molar-refractivity contribution in [1.82, 2.24) is 9.78 Å². The van der Waals surface area contributed by atoms with E-state index in [1.165, 1.54) is 22.9 Å². The van der Waals surface area contributed by atoms with Crippen LogP contribution >= 0.6 is 0 Å². The van der Waals surface area contributed by atoms with Crippen LogP contribution in [-0.2, 0) is 19.3 Å². The van der Waals surface area contributed by atoms with E-state index < -0.39 is 23.5 Å². The summed E-state index contributed by atoms with van der Waals surface area (Å²) in [6.45, 7) is 1.94. The van der Waals surface area contributed by atoms with E-state index in [0.29, 0.717) is 16.9 Å². The first-order chi connectivity index (χ1) is 12.8. The Bertz CT molecular complexity index is 909. The molecule has 0 saturated carbocycles. The van der Waals surface area contributed by atoms with Gasteiger partial charge in [-0.1, -0.05) is 18.2 Å². The molecule has 0 unspecified atom stereocenters. The lowest BCUT2D eigenvalue weighted by Crippen LogP contribution is -2.07. The van der Waals surface area contributed by atoms with Crippen LogP contribution in [0.3, 0.4) is 0 Å². The molecular weight excluding hydrogens is 365 g/mol. The molecule has 0 atom stereocenters. The monoisotopic (exact) mass is 381 g/mol. The van der Waals surface area contributed by atoms with Gasteiger partial charge in [-0.25, -0.2) is 8.78 Å². The van der Waals surface area contributed by atoms with Gasteiger partial charge in [0.15, 0.2) is 5.69 Å². The number of aromatic nitrogens is 2. The number of nitrogens with zero attached hydrogens (tertiary/aromatic N) is 2. The van der Waals surface area contributed by atoms with Gasteiger partial charge in [-0.15, -0.1) is 0 Å². The molecule has 0 aliphatic carbocycles. The average molecular weight is 381 g/mol. The van der Waals surface area contributed by atoms with E-state index in [0.717, 1.165) is 6.07 Å². The molecule has 1 N–H and O–H groups in total.